The largest absolute Gasteiger partial charge is 0.468 e. The number of benzene rings is 2. The van der Waals surface area contributed by atoms with E-state index in [9.17, 15) is 13.6 Å². The summed E-state index contributed by atoms with van der Waals surface area (Å²) >= 11 is 5.99. The number of aromatic nitrogens is 4. The van der Waals surface area contributed by atoms with Gasteiger partial charge in [0.05, 0.1) is 18.4 Å². The number of hydrogen-bond donors (Lipinski definition) is 1. The van der Waals surface area contributed by atoms with Crippen molar-refractivity contribution in [1.29, 1.82) is 0 Å². The third-order valence-corrected chi connectivity index (χ3v) is 4.48. The number of nitrogens with zero attached hydrogens (tertiary/aromatic N) is 4. The number of nitrogens with one attached hydrogen (secondary N) is 1. The van der Waals surface area contributed by atoms with E-state index in [1.807, 2.05) is 18.2 Å². The quantitative estimate of drug-likeness (QED) is 0.461. The van der Waals surface area contributed by atoms with Crippen LogP contribution in [0.1, 0.15) is 16.1 Å². The summed E-state index contributed by atoms with van der Waals surface area (Å²) in [6.07, 6.45) is 4.73. The molecule has 1 N–H and O–H groups in total. The van der Waals surface area contributed by atoms with Crippen molar-refractivity contribution in [2.75, 3.05) is 5.32 Å². The zero-order valence-corrected chi connectivity index (χ0v) is 16.8. The highest BCUT2D eigenvalue weighted by molar-refractivity contribution is 6.30. The Morgan fingerprint density at radius 3 is 2.81 bits per heavy atom. The molecule has 7 nitrogen and oxygen atoms in total. The Morgan fingerprint density at radius 2 is 2.00 bits per heavy atom. The molecule has 0 aliphatic carbocycles. The first-order chi connectivity index (χ1) is 15.0. The number of hydrogen-bond acceptors (Lipinski definition) is 4. The van der Waals surface area contributed by atoms with Crippen molar-refractivity contribution in [2.45, 2.75) is 13.3 Å². The summed E-state index contributed by atoms with van der Waals surface area (Å²) in [5, 5.41) is 11.7. The first-order valence-corrected chi connectivity index (χ1v) is 9.53. The maximum absolute atomic E-state index is 13.6. The highest BCUT2D eigenvalue weighted by Crippen LogP contribution is 2.18. The Balaban J connectivity index is 1.34. The summed E-state index contributed by atoms with van der Waals surface area (Å²) in [6.45, 7) is 0.357. The smallest absolute Gasteiger partial charge is 0.276 e. The van der Waals surface area contributed by atoms with Gasteiger partial charge in [-0.2, -0.15) is 10.2 Å². The summed E-state index contributed by atoms with van der Waals surface area (Å²) in [4.78, 5) is 12.4. The first kappa shape index (κ1) is 20.5. The lowest BCUT2D eigenvalue weighted by Crippen LogP contribution is -2.14. The molecule has 2 aromatic heterocycles. The predicted octanol–water partition coefficient (Wildman–Crippen LogP) is 4.35. The molecule has 0 radical (unpaired) electrons. The van der Waals surface area contributed by atoms with Crippen LogP contribution in [0, 0.1) is 11.6 Å². The number of halogens is 3. The van der Waals surface area contributed by atoms with Crippen molar-refractivity contribution in [3.8, 4) is 5.75 Å². The standard InChI is InChI=1S/C21H16ClF2N5O2/c22-15-3-1-2-14(8-15)11-29-12-17(10-25-29)26-21(30)19-6-7-28(27-19)13-31-20-5-4-16(23)9-18(20)24/h1-10,12H,11,13H2,(H,26,30). The van der Waals surface area contributed by atoms with E-state index in [-0.39, 0.29) is 18.2 Å². The van der Waals surface area contributed by atoms with Crippen molar-refractivity contribution in [3.63, 3.8) is 0 Å². The molecular formula is C21H16ClF2N5O2. The van der Waals surface area contributed by atoms with Crippen LogP contribution < -0.4 is 10.1 Å². The molecule has 0 saturated heterocycles. The maximum Gasteiger partial charge on any atom is 0.276 e. The SMILES string of the molecule is O=C(Nc1cnn(Cc2cccc(Cl)c2)c1)c1ccn(COc2ccc(F)cc2F)n1. The Morgan fingerprint density at radius 1 is 1.13 bits per heavy atom. The number of ether oxygens (including phenoxy) is 1. The second kappa shape index (κ2) is 8.97. The minimum atomic E-state index is -0.820. The zero-order valence-electron chi connectivity index (χ0n) is 16.0. The summed E-state index contributed by atoms with van der Waals surface area (Å²) in [5.74, 6) is -2.07. The molecule has 1 amide bonds. The fourth-order valence-electron chi connectivity index (χ4n) is 2.81. The molecule has 2 aromatic carbocycles. The van der Waals surface area contributed by atoms with Crippen molar-refractivity contribution in [3.05, 3.63) is 95.0 Å². The Labute approximate surface area is 180 Å². The van der Waals surface area contributed by atoms with Crippen LogP contribution in [0.2, 0.25) is 5.02 Å². The zero-order chi connectivity index (χ0) is 21.8. The Kier molecular flexibility index (Phi) is 5.94. The number of rotatable bonds is 7. The van der Waals surface area contributed by atoms with Gasteiger partial charge in [-0.15, -0.1) is 0 Å². The van der Waals surface area contributed by atoms with E-state index in [4.69, 9.17) is 16.3 Å². The van der Waals surface area contributed by atoms with E-state index >= 15 is 0 Å². The molecule has 0 saturated carbocycles. The predicted molar refractivity (Wildman–Crippen MR) is 110 cm³/mol. The normalized spacial score (nSPS) is 10.8. The van der Waals surface area contributed by atoms with E-state index in [0.717, 1.165) is 17.7 Å². The minimum absolute atomic E-state index is 0.116. The van der Waals surface area contributed by atoms with Gasteiger partial charge in [0.2, 0.25) is 0 Å². The van der Waals surface area contributed by atoms with Crippen molar-refractivity contribution in [2.24, 2.45) is 0 Å². The number of anilines is 1. The van der Waals surface area contributed by atoms with Gasteiger partial charge in [0.1, 0.15) is 5.82 Å². The molecule has 0 unspecified atom stereocenters. The van der Waals surface area contributed by atoms with Crippen molar-refractivity contribution in [1.82, 2.24) is 19.6 Å². The molecular weight excluding hydrogens is 428 g/mol. The molecule has 0 fully saturated rings. The van der Waals surface area contributed by atoms with Gasteiger partial charge in [0.25, 0.3) is 5.91 Å². The van der Waals surface area contributed by atoms with Crippen molar-refractivity contribution >= 4 is 23.2 Å². The summed E-state index contributed by atoms with van der Waals surface area (Å²) < 4.78 is 34.8. The lowest BCUT2D eigenvalue weighted by atomic mass is 10.2. The van der Waals surface area contributed by atoms with Gasteiger partial charge in [-0.3, -0.25) is 9.48 Å². The monoisotopic (exact) mass is 443 g/mol. The van der Waals surface area contributed by atoms with E-state index in [1.165, 1.54) is 29.2 Å². The molecule has 31 heavy (non-hydrogen) atoms. The summed E-state index contributed by atoms with van der Waals surface area (Å²) in [5.41, 5.74) is 1.63. The Bertz CT molecular complexity index is 1220. The highest BCUT2D eigenvalue weighted by Gasteiger charge is 2.12. The number of carbonyl (C=O) groups is 1. The molecule has 158 valence electrons. The topological polar surface area (TPSA) is 74.0 Å². The van der Waals surface area contributed by atoms with Crippen LogP contribution in [0.25, 0.3) is 0 Å². The molecule has 0 aliphatic heterocycles. The molecule has 10 heteroatoms. The lowest BCUT2D eigenvalue weighted by molar-refractivity contribution is 0.102. The molecule has 0 atom stereocenters. The Hall–Kier alpha value is -3.72. The van der Waals surface area contributed by atoms with Crippen LogP contribution in [0.3, 0.4) is 0 Å². The molecule has 0 spiro atoms. The second-order valence-corrected chi connectivity index (χ2v) is 7.04. The highest BCUT2D eigenvalue weighted by atomic mass is 35.5. The average molecular weight is 444 g/mol. The van der Waals surface area contributed by atoms with E-state index < -0.39 is 17.5 Å². The molecule has 2 heterocycles. The van der Waals surface area contributed by atoms with Gasteiger partial charge in [-0.25, -0.2) is 13.5 Å². The van der Waals surface area contributed by atoms with Gasteiger partial charge in [0, 0.05) is 23.5 Å². The molecule has 0 aliphatic rings. The van der Waals surface area contributed by atoms with E-state index in [1.54, 1.807) is 16.9 Å². The summed E-state index contributed by atoms with van der Waals surface area (Å²) in [7, 11) is 0. The van der Waals surface area contributed by atoms with Gasteiger partial charge >= 0.3 is 0 Å². The van der Waals surface area contributed by atoms with Crippen LogP contribution in [0.4, 0.5) is 14.5 Å². The van der Waals surface area contributed by atoms with Gasteiger partial charge < -0.3 is 10.1 Å². The lowest BCUT2D eigenvalue weighted by Gasteiger charge is -2.07. The molecule has 0 bridgehead atoms. The van der Waals surface area contributed by atoms with E-state index in [0.29, 0.717) is 17.3 Å². The number of carbonyl (C=O) groups excluding carboxylic acids is 1. The van der Waals surface area contributed by atoms with E-state index in [2.05, 4.69) is 15.5 Å². The van der Waals surface area contributed by atoms with Crippen LogP contribution in [-0.2, 0) is 13.3 Å². The van der Waals surface area contributed by atoms with Crippen LogP contribution in [0.5, 0.6) is 5.75 Å². The van der Waals surface area contributed by atoms with Gasteiger partial charge in [-0.05, 0) is 35.9 Å². The van der Waals surface area contributed by atoms with Gasteiger partial charge in [0.15, 0.2) is 24.0 Å². The minimum Gasteiger partial charge on any atom is -0.468 e. The first-order valence-electron chi connectivity index (χ1n) is 9.16. The molecule has 4 rings (SSSR count). The summed E-state index contributed by atoms with van der Waals surface area (Å²) in [6, 6.07) is 11.9. The number of amides is 1. The maximum atomic E-state index is 13.6. The second-order valence-electron chi connectivity index (χ2n) is 6.60. The van der Waals surface area contributed by atoms with Crippen LogP contribution in [0.15, 0.2) is 67.1 Å². The third kappa shape index (κ3) is 5.26. The van der Waals surface area contributed by atoms with Crippen LogP contribution >= 0.6 is 11.6 Å². The van der Waals surface area contributed by atoms with Crippen LogP contribution in [-0.4, -0.2) is 25.5 Å². The fourth-order valence-corrected chi connectivity index (χ4v) is 3.03. The fraction of sp³-hybridized carbons (Fsp3) is 0.0952. The third-order valence-electron chi connectivity index (χ3n) is 4.24. The average Bonchev–Trinajstić information content (AvgIpc) is 3.37. The van der Waals surface area contributed by atoms with Gasteiger partial charge in [-0.1, -0.05) is 23.7 Å². The van der Waals surface area contributed by atoms with Crippen molar-refractivity contribution < 1.29 is 18.3 Å². The molecule has 4 aromatic rings.